The third kappa shape index (κ3) is 2.31. The summed E-state index contributed by atoms with van der Waals surface area (Å²) in [5, 5.41) is 3.98. The summed E-state index contributed by atoms with van der Waals surface area (Å²) in [6.07, 6.45) is 0. The molecule has 0 aliphatic heterocycles. The number of hydrogen-bond donors (Lipinski definition) is 0. The summed E-state index contributed by atoms with van der Waals surface area (Å²) in [6.45, 7) is 1.50. The molecule has 22 heavy (non-hydrogen) atoms. The Morgan fingerprint density at radius 1 is 1.14 bits per heavy atom. The molecule has 0 bridgehead atoms. The van der Waals surface area contributed by atoms with Gasteiger partial charge in [-0.1, -0.05) is 23.7 Å². The van der Waals surface area contributed by atoms with Crippen LogP contribution in [-0.2, 0) is 0 Å². The zero-order chi connectivity index (χ0) is 15.9. The summed E-state index contributed by atoms with van der Waals surface area (Å²) in [5.41, 5.74) is 0.325. The van der Waals surface area contributed by atoms with Crippen LogP contribution < -0.4 is 5.76 Å². The molecule has 0 N–H and O–H groups in total. The van der Waals surface area contributed by atoms with Crippen LogP contribution in [0.5, 0.6) is 0 Å². The highest BCUT2D eigenvalue weighted by atomic mass is 35.5. The maximum absolute atomic E-state index is 13.9. The lowest BCUT2D eigenvalue weighted by Crippen LogP contribution is -2.15. The molecule has 0 saturated carbocycles. The summed E-state index contributed by atoms with van der Waals surface area (Å²) in [6, 6.07) is 8.26. The lowest BCUT2D eigenvalue weighted by atomic mass is 10.2. The Balaban J connectivity index is 2.21. The second kappa shape index (κ2) is 5.38. The first-order valence-electron chi connectivity index (χ1n) is 6.29. The zero-order valence-corrected chi connectivity index (χ0v) is 12.1. The monoisotopic (exact) mass is 322 g/mol. The SMILES string of the molecule is Cc1c(F)cccc1-n1nc(-c2c(F)cccc2Cl)oc1=O. The van der Waals surface area contributed by atoms with Crippen molar-refractivity contribution in [1.29, 1.82) is 0 Å². The normalized spacial score (nSPS) is 10.9. The molecule has 0 fully saturated rings. The quantitative estimate of drug-likeness (QED) is 0.722. The second-order valence-electron chi connectivity index (χ2n) is 4.57. The van der Waals surface area contributed by atoms with Crippen molar-refractivity contribution < 1.29 is 13.2 Å². The van der Waals surface area contributed by atoms with E-state index in [1.54, 1.807) is 0 Å². The van der Waals surface area contributed by atoms with Crippen molar-refractivity contribution in [1.82, 2.24) is 9.78 Å². The minimum absolute atomic E-state index is 0.0596. The van der Waals surface area contributed by atoms with Gasteiger partial charge in [0.2, 0.25) is 0 Å². The molecular formula is C15H9ClF2N2O2. The van der Waals surface area contributed by atoms with Gasteiger partial charge in [0.15, 0.2) is 0 Å². The van der Waals surface area contributed by atoms with E-state index in [9.17, 15) is 13.6 Å². The Morgan fingerprint density at radius 3 is 2.55 bits per heavy atom. The number of benzene rings is 2. The predicted molar refractivity (Wildman–Crippen MR) is 77.2 cm³/mol. The maximum atomic E-state index is 13.9. The van der Waals surface area contributed by atoms with Gasteiger partial charge in [-0.3, -0.25) is 0 Å². The van der Waals surface area contributed by atoms with Crippen molar-refractivity contribution in [3.63, 3.8) is 0 Å². The van der Waals surface area contributed by atoms with Gasteiger partial charge >= 0.3 is 5.76 Å². The predicted octanol–water partition coefficient (Wildman–Crippen LogP) is 3.73. The Kier molecular flexibility index (Phi) is 3.54. The van der Waals surface area contributed by atoms with E-state index in [4.69, 9.17) is 16.0 Å². The molecule has 2 aromatic carbocycles. The summed E-state index contributed by atoms with van der Waals surface area (Å²) < 4.78 is 33.3. The van der Waals surface area contributed by atoms with Crippen molar-refractivity contribution in [2.45, 2.75) is 6.92 Å². The molecule has 4 nitrogen and oxygen atoms in total. The lowest BCUT2D eigenvalue weighted by molar-refractivity contribution is 0.510. The molecule has 0 saturated heterocycles. The molecule has 0 unspecified atom stereocenters. The molecule has 0 amide bonds. The summed E-state index contributed by atoms with van der Waals surface area (Å²) in [5.74, 6) is -2.28. The first-order valence-corrected chi connectivity index (χ1v) is 6.67. The Hall–Kier alpha value is -2.47. The minimum Gasteiger partial charge on any atom is -0.387 e. The van der Waals surface area contributed by atoms with Crippen molar-refractivity contribution in [2.24, 2.45) is 0 Å². The smallest absolute Gasteiger partial charge is 0.387 e. The fourth-order valence-corrected chi connectivity index (χ4v) is 2.30. The number of hydrogen-bond acceptors (Lipinski definition) is 3. The number of nitrogens with zero attached hydrogens (tertiary/aromatic N) is 2. The first kappa shape index (κ1) is 14.5. The maximum Gasteiger partial charge on any atom is 0.442 e. The molecule has 1 aromatic heterocycles. The second-order valence-corrected chi connectivity index (χ2v) is 4.97. The molecule has 0 spiro atoms. The largest absolute Gasteiger partial charge is 0.442 e. The molecule has 7 heteroatoms. The van der Waals surface area contributed by atoms with Gasteiger partial charge in [-0.2, -0.15) is 4.68 Å². The van der Waals surface area contributed by atoms with Crippen LogP contribution in [0.25, 0.3) is 17.1 Å². The van der Waals surface area contributed by atoms with Crippen molar-refractivity contribution in [3.05, 3.63) is 69.2 Å². The molecule has 3 aromatic rings. The average molecular weight is 323 g/mol. The van der Waals surface area contributed by atoms with Crippen LogP contribution in [0.3, 0.4) is 0 Å². The van der Waals surface area contributed by atoms with Gasteiger partial charge in [0.1, 0.15) is 11.6 Å². The highest BCUT2D eigenvalue weighted by Gasteiger charge is 2.19. The molecule has 0 atom stereocenters. The van der Waals surface area contributed by atoms with E-state index in [2.05, 4.69) is 5.10 Å². The van der Waals surface area contributed by atoms with Crippen molar-refractivity contribution >= 4 is 11.6 Å². The van der Waals surface area contributed by atoms with Gasteiger partial charge in [-0.25, -0.2) is 13.6 Å². The van der Waals surface area contributed by atoms with E-state index in [0.29, 0.717) is 0 Å². The zero-order valence-electron chi connectivity index (χ0n) is 11.3. The lowest BCUT2D eigenvalue weighted by Gasteiger charge is -2.04. The van der Waals surface area contributed by atoms with Crippen LogP contribution in [0.4, 0.5) is 8.78 Å². The van der Waals surface area contributed by atoms with Gasteiger partial charge in [-0.05, 0) is 31.2 Å². The van der Waals surface area contributed by atoms with E-state index in [0.717, 1.165) is 4.68 Å². The van der Waals surface area contributed by atoms with Gasteiger partial charge in [0.05, 0.1) is 16.3 Å². The molecule has 3 rings (SSSR count). The first-order chi connectivity index (χ1) is 10.5. The van der Waals surface area contributed by atoms with Crippen molar-refractivity contribution in [2.75, 3.05) is 0 Å². The molecule has 112 valence electrons. The Bertz CT molecular complexity index is 898. The molecule has 0 aliphatic rings. The fourth-order valence-electron chi connectivity index (χ4n) is 2.06. The average Bonchev–Trinajstić information content (AvgIpc) is 2.83. The van der Waals surface area contributed by atoms with Crippen molar-refractivity contribution in [3.8, 4) is 17.1 Å². The third-order valence-electron chi connectivity index (χ3n) is 3.19. The van der Waals surface area contributed by atoms with E-state index >= 15 is 0 Å². The third-order valence-corrected chi connectivity index (χ3v) is 3.51. The van der Waals surface area contributed by atoms with E-state index in [-0.39, 0.29) is 27.7 Å². The van der Waals surface area contributed by atoms with Gasteiger partial charge in [0.25, 0.3) is 5.89 Å². The van der Waals surface area contributed by atoms with E-state index in [1.807, 2.05) is 0 Å². The topological polar surface area (TPSA) is 48.0 Å². The Labute approximate surface area is 128 Å². The summed E-state index contributed by atoms with van der Waals surface area (Å²) in [4.78, 5) is 11.9. The van der Waals surface area contributed by atoms with Crippen LogP contribution in [0.2, 0.25) is 5.02 Å². The van der Waals surface area contributed by atoms with Crippen LogP contribution in [0, 0.1) is 18.6 Å². The van der Waals surface area contributed by atoms with Crippen LogP contribution in [0.1, 0.15) is 5.56 Å². The molecule has 0 aliphatic carbocycles. The van der Waals surface area contributed by atoms with Gasteiger partial charge in [0, 0.05) is 5.56 Å². The fraction of sp³-hybridized carbons (Fsp3) is 0.0667. The highest BCUT2D eigenvalue weighted by Crippen LogP contribution is 2.28. The number of halogens is 3. The van der Waals surface area contributed by atoms with E-state index in [1.165, 1.54) is 43.3 Å². The van der Waals surface area contributed by atoms with E-state index < -0.39 is 17.4 Å². The standard InChI is InChI=1S/C15H9ClF2N2O2/c1-8-10(17)5-3-7-12(8)20-15(21)22-14(19-20)13-9(16)4-2-6-11(13)18/h2-7H,1H3. The number of rotatable bonds is 2. The minimum atomic E-state index is -0.858. The molecular weight excluding hydrogens is 314 g/mol. The van der Waals surface area contributed by atoms with Crippen LogP contribution in [0.15, 0.2) is 45.6 Å². The summed E-state index contributed by atoms with van der Waals surface area (Å²) in [7, 11) is 0. The summed E-state index contributed by atoms with van der Waals surface area (Å²) >= 11 is 5.92. The molecule has 0 radical (unpaired) electrons. The number of aromatic nitrogens is 2. The molecule has 1 heterocycles. The van der Waals surface area contributed by atoms with Crippen LogP contribution in [-0.4, -0.2) is 9.78 Å². The van der Waals surface area contributed by atoms with Gasteiger partial charge < -0.3 is 4.42 Å². The Morgan fingerprint density at radius 2 is 1.82 bits per heavy atom. The highest BCUT2D eigenvalue weighted by molar-refractivity contribution is 6.33. The van der Waals surface area contributed by atoms with Crippen LogP contribution >= 0.6 is 11.6 Å². The van der Waals surface area contributed by atoms with Gasteiger partial charge in [-0.15, -0.1) is 5.10 Å².